The molecular weight excluding hydrogens is 407 g/mol. The molecule has 0 N–H and O–H groups in total. The van der Waals surface area contributed by atoms with Gasteiger partial charge in [0.2, 0.25) is 0 Å². The Morgan fingerprint density at radius 2 is 2.35 bits per heavy atom. The van der Waals surface area contributed by atoms with Gasteiger partial charge in [-0.2, -0.15) is 11.8 Å². The molecule has 2 nitrogen and oxygen atoms in total. The van der Waals surface area contributed by atoms with E-state index < -0.39 is 0 Å². The van der Waals surface area contributed by atoms with E-state index in [1.807, 2.05) is 23.9 Å². The van der Waals surface area contributed by atoms with Gasteiger partial charge in [-0.25, -0.2) is 0 Å². The van der Waals surface area contributed by atoms with Crippen molar-refractivity contribution >= 4 is 51.7 Å². The Morgan fingerprint density at radius 1 is 1.50 bits per heavy atom. The number of hydrogen-bond acceptors (Lipinski definition) is 3. The first-order valence-corrected chi connectivity index (χ1v) is 9.42. The Hall–Kier alpha value is 0.220. The third-order valence-electron chi connectivity index (χ3n) is 4.14. The minimum Gasteiger partial charge on any atom is -0.374 e. The highest BCUT2D eigenvalue weighted by Crippen LogP contribution is 2.41. The molecule has 2 aliphatic rings. The van der Waals surface area contributed by atoms with E-state index in [4.69, 9.17) is 16.3 Å². The highest BCUT2D eigenvalue weighted by atomic mass is 127. The summed E-state index contributed by atoms with van der Waals surface area (Å²) in [6.07, 6.45) is 2.77. The second-order valence-corrected chi connectivity index (χ2v) is 8.19. The average Bonchev–Trinajstić information content (AvgIpc) is 2.89. The largest absolute Gasteiger partial charge is 0.374 e. The average molecular weight is 423 g/mol. The first-order valence-electron chi connectivity index (χ1n) is 6.81. The van der Waals surface area contributed by atoms with Crippen molar-refractivity contribution in [2.24, 2.45) is 5.92 Å². The lowest BCUT2D eigenvalue weighted by atomic mass is 9.81. The number of hydrogen-bond donors (Lipinski definition) is 0. The van der Waals surface area contributed by atoms with Crippen LogP contribution in [0.4, 0.5) is 0 Å². The molecule has 0 aliphatic carbocycles. The highest BCUT2D eigenvalue weighted by Gasteiger charge is 2.42. The van der Waals surface area contributed by atoms with Gasteiger partial charge in [-0.05, 0) is 59.7 Å². The van der Waals surface area contributed by atoms with Crippen LogP contribution in [0.15, 0.2) is 18.2 Å². The normalized spacial score (nSPS) is 29.8. The Labute approximate surface area is 142 Å². The van der Waals surface area contributed by atoms with Gasteiger partial charge in [-0.3, -0.25) is 4.79 Å². The fourth-order valence-electron chi connectivity index (χ4n) is 3.00. The van der Waals surface area contributed by atoms with Gasteiger partial charge in [-0.1, -0.05) is 17.7 Å². The molecule has 108 valence electrons. The summed E-state index contributed by atoms with van der Waals surface area (Å²) in [5.41, 5.74) is 0.694. The minimum absolute atomic E-state index is 0.0454. The lowest BCUT2D eigenvalue weighted by Gasteiger charge is -2.37. The van der Waals surface area contributed by atoms with Crippen LogP contribution in [0, 0.1) is 9.49 Å². The molecule has 0 saturated carbocycles. The van der Waals surface area contributed by atoms with Crippen LogP contribution >= 0.6 is 46.0 Å². The molecular formula is C15H16ClIO2S. The van der Waals surface area contributed by atoms with Crippen LogP contribution in [0.1, 0.15) is 29.6 Å². The molecule has 3 rings (SSSR count). The summed E-state index contributed by atoms with van der Waals surface area (Å²) in [6.45, 7) is 0.703. The summed E-state index contributed by atoms with van der Waals surface area (Å²) in [4.78, 5) is 12.7. The Balaban J connectivity index is 1.77. The SMILES string of the molecule is O=C(c1ccc(I)c(Cl)c1)C1CCOC2(CCSC2)C1. The van der Waals surface area contributed by atoms with Gasteiger partial charge in [0.25, 0.3) is 0 Å². The van der Waals surface area contributed by atoms with Crippen molar-refractivity contribution in [3.8, 4) is 0 Å². The number of ether oxygens (including phenoxy) is 1. The summed E-state index contributed by atoms with van der Waals surface area (Å²) < 4.78 is 6.97. The van der Waals surface area contributed by atoms with E-state index in [1.165, 1.54) is 0 Å². The zero-order chi connectivity index (χ0) is 14.2. The first-order chi connectivity index (χ1) is 9.60. The molecule has 2 heterocycles. The summed E-state index contributed by atoms with van der Waals surface area (Å²) in [5.74, 6) is 2.49. The van der Waals surface area contributed by atoms with E-state index in [0.29, 0.717) is 11.6 Å². The Bertz CT molecular complexity index is 529. The molecule has 0 amide bonds. The van der Waals surface area contributed by atoms with E-state index in [9.17, 15) is 4.79 Å². The van der Waals surface area contributed by atoms with Gasteiger partial charge < -0.3 is 4.74 Å². The molecule has 2 unspecified atom stereocenters. The van der Waals surface area contributed by atoms with Crippen molar-refractivity contribution < 1.29 is 9.53 Å². The van der Waals surface area contributed by atoms with E-state index in [1.54, 1.807) is 6.07 Å². The van der Waals surface area contributed by atoms with E-state index in [0.717, 1.165) is 39.9 Å². The van der Waals surface area contributed by atoms with Crippen LogP contribution < -0.4 is 0 Å². The fraction of sp³-hybridized carbons (Fsp3) is 0.533. The summed E-state index contributed by atoms with van der Waals surface area (Å²) in [7, 11) is 0. The molecule has 2 fully saturated rings. The zero-order valence-corrected chi connectivity index (χ0v) is 14.8. The molecule has 1 aromatic rings. The molecule has 2 atom stereocenters. The predicted molar refractivity (Wildman–Crippen MR) is 91.8 cm³/mol. The van der Waals surface area contributed by atoms with Crippen molar-refractivity contribution in [1.29, 1.82) is 0 Å². The second-order valence-electron chi connectivity index (χ2n) is 5.52. The molecule has 0 radical (unpaired) electrons. The first kappa shape index (κ1) is 15.1. The van der Waals surface area contributed by atoms with Crippen molar-refractivity contribution in [1.82, 2.24) is 0 Å². The zero-order valence-electron chi connectivity index (χ0n) is 11.0. The number of benzene rings is 1. The lowest BCUT2D eigenvalue weighted by molar-refractivity contribution is -0.0734. The van der Waals surface area contributed by atoms with Crippen molar-refractivity contribution in [2.45, 2.75) is 24.9 Å². The van der Waals surface area contributed by atoms with Gasteiger partial charge in [0, 0.05) is 27.4 Å². The summed E-state index contributed by atoms with van der Waals surface area (Å²) in [5, 5.41) is 0.662. The standard InChI is InChI=1S/C15H16ClIO2S/c16-12-7-10(1-2-13(12)17)14(18)11-3-5-19-15(8-11)4-6-20-9-15/h1-2,7,11H,3-6,8-9H2. The van der Waals surface area contributed by atoms with Crippen molar-refractivity contribution in [3.63, 3.8) is 0 Å². The predicted octanol–water partition coefficient (Wildman–Crippen LogP) is 4.43. The molecule has 0 bridgehead atoms. The van der Waals surface area contributed by atoms with E-state index >= 15 is 0 Å². The van der Waals surface area contributed by atoms with Gasteiger partial charge in [0.15, 0.2) is 5.78 Å². The monoisotopic (exact) mass is 422 g/mol. The third-order valence-corrected chi connectivity index (χ3v) is 6.93. The highest BCUT2D eigenvalue weighted by molar-refractivity contribution is 14.1. The number of thioether (sulfide) groups is 1. The van der Waals surface area contributed by atoms with Crippen LogP contribution in [0.5, 0.6) is 0 Å². The third kappa shape index (κ3) is 3.03. The summed E-state index contributed by atoms with van der Waals surface area (Å²) >= 11 is 10.2. The van der Waals surface area contributed by atoms with Gasteiger partial charge in [0.1, 0.15) is 0 Å². The molecule has 0 aromatic heterocycles. The van der Waals surface area contributed by atoms with Crippen molar-refractivity contribution in [3.05, 3.63) is 32.4 Å². The molecule has 2 saturated heterocycles. The molecule has 2 aliphatic heterocycles. The fourth-order valence-corrected chi connectivity index (χ4v) is 4.89. The van der Waals surface area contributed by atoms with Crippen LogP contribution in [0.2, 0.25) is 5.02 Å². The Morgan fingerprint density at radius 3 is 3.05 bits per heavy atom. The van der Waals surface area contributed by atoms with Crippen LogP contribution in [0.25, 0.3) is 0 Å². The van der Waals surface area contributed by atoms with Crippen LogP contribution in [0.3, 0.4) is 0 Å². The lowest BCUT2D eigenvalue weighted by Crippen LogP contribution is -2.42. The minimum atomic E-state index is -0.0454. The number of Topliss-reactive ketones (excluding diaryl/α,β-unsaturated/α-hetero) is 1. The van der Waals surface area contributed by atoms with Crippen LogP contribution in [-0.4, -0.2) is 29.5 Å². The number of rotatable bonds is 2. The molecule has 20 heavy (non-hydrogen) atoms. The smallest absolute Gasteiger partial charge is 0.166 e. The number of carbonyl (C=O) groups is 1. The second kappa shape index (κ2) is 6.15. The summed E-state index contributed by atoms with van der Waals surface area (Å²) in [6, 6.07) is 5.61. The quantitative estimate of drug-likeness (QED) is 0.521. The van der Waals surface area contributed by atoms with Gasteiger partial charge in [-0.15, -0.1) is 0 Å². The maximum Gasteiger partial charge on any atom is 0.166 e. The number of halogens is 2. The maximum absolute atomic E-state index is 12.7. The molecule has 1 spiro atoms. The number of carbonyl (C=O) groups excluding carboxylic acids is 1. The van der Waals surface area contributed by atoms with E-state index in [2.05, 4.69) is 22.6 Å². The van der Waals surface area contributed by atoms with E-state index in [-0.39, 0.29) is 17.3 Å². The van der Waals surface area contributed by atoms with Gasteiger partial charge >= 0.3 is 0 Å². The van der Waals surface area contributed by atoms with Gasteiger partial charge in [0.05, 0.1) is 10.6 Å². The molecule has 5 heteroatoms. The van der Waals surface area contributed by atoms with Crippen LogP contribution in [-0.2, 0) is 4.74 Å². The maximum atomic E-state index is 12.7. The topological polar surface area (TPSA) is 26.3 Å². The molecule has 1 aromatic carbocycles. The number of ketones is 1. The van der Waals surface area contributed by atoms with Crippen molar-refractivity contribution in [2.75, 3.05) is 18.1 Å². The Kier molecular flexibility index (Phi) is 4.65.